The molecule has 4 nitrogen and oxygen atoms in total. The Balaban J connectivity index is 1.94. The van der Waals surface area contributed by atoms with Crippen molar-refractivity contribution < 1.29 is 0 Å². The molecule has 0 spiro atoms. The summed E-state index contributed by atoms with van der Waals surface area (Å²) < 4.78 is 2.05. The molecule has 4 rings (SSSR count). The number of nitrogens with zero attached hydrogens (tertiary/aromatic N) is 3. The fourth-order valence-electron chi connectivity index (χ4n) is 3.03. The van der Waals surface area contributed by atoms with Crippen LogP contribution in [-0.2, 0) is 6.42 Å². The Kier molecular flexibility index (Phi) is 2.96. The van der Waals surface area contributed by atoms with E-state index in [4.69, 9.17) is 5.10 Å². The molecule has 0 atom stereocenters. The maximum absolute atomic E-state index is 4.89. The third-order valence-corrected chi connectivity index (χ3v) is 4.18. The lowest BCUT2D eigenvalue weighted by Gasteiger charge is -2.10. The number of aromatic nitrogens is 3. The van der Waals surface area contributed by atoms with Crippen LogP contribution in [0.4, 0.5) is 5.82 Å². The van der Waals surface area contributed by atoms with Crippen molar-refractivity contribution in [2.75, 3.05) is 11.9 Å². The second-order valence-electron chi connectivity index (χ2n) is 5.80. The van der Waals surface area contributed by atoms with Crippen molar-refractivity contribution in [2.45, 2.75) is 20.3 Å². The highest BCUT2D eigenvalue weighted by atomic mass is 15.3. The maximum Gasteiger partial charge on any atom is 0.133 e. The summed E-state index contributed by atoms with van der Waals surface area (Å²) >= 11 is 0. The number of hydrogen-bond acceptors (Lipinski definition) is 3. The van der Waals surface area contributed by atoms with Crippen molar-refractivity contribution in [1.29, 1.82) is 0 Å². The lowest BCUT2D eigenvalue weighted by Crippen LogP contribution is -2.06. The Morgan fingerprint density at radius 2 is 2.09 bits per heavy atom. The number of aryl methyl sites for hydroxylation is 2. The molecule has 22 heavy (non-hydrogen) atoms. The molecule has 110 valence electrons. The third-order valence-electron chi connectivity index (χ3n) is 4.18. The number of hydrogen-bond donors (Lipinski definition) is 1. The molecule has 1 aromatic carbocycles. The molecule has 1 N–H and O–H groups in total. The van der Waals surface area contributed by atoms with E-state index in [1.54, 1.807) is 6.20 Å². The summed E-state index contributed by atoms with van der Waals surface area (Å²) in [5.74, 6) is 1.12. The first-order valence-electron chi connectivity index (χ1n) is 7.58. The van der Waals surface area contributed by atoms with Crippen LogP contribution in [0.3, 0.4) is 0 Å². The van der Waals surface area contributed by atoms with E-state index in [-0.39, 0.29) is 0 Å². The first-order chi connectivity index (χ1) is 10.7. The Morgan fingerprint density at radius 1 is 1.18 bits per heavy atom. The van der Waals surface area contributed by atoms with E-state index in [1.165, 1.54) is 16.7 Å². The van der Waals surface area contributed by atoms with Crippen LogP contribution in [0.2, 0.25) is 0 Å². The number of nitrogens with one attached hydrogen (secondary N) is 1. The number of pyridine rings is 1. The van der Waals surface area contributed by atoms with E-state index < -0.39 is 0 Å². The fourth-order valence-corrected chi connectivity index (χ4v) is 3.03. The summed E-state index contributed by atoms with van der Waals surface area (Å²) in [5.41, 5.74) is 7.00. The van der Waals surface area contributed by atoms with Crippen molar-refractivity contribution in [3.8, 4) is 16.9 Å². The predicted octanol–water partition coefficient (Wildman–Crippen LogP) is 3.52. The molecular weight excluding hydrogens is 272 g/mol. The lowest BCUT2D eigenvalue weighted by atomic mass is 10.1. The van der Waals surface area contributed by atoms with Gasteiger partial charge in [0.2, 0.25) is 0 Å². The van der Waals surface area contributed by atoms with Crippen LogP contribution in [0, 0.1) is 13.8 Å². The van der Waals surface area contributed by atoms with E-state index in [1.807, 2.05) is 16.9 Å². The molecule has 0 radical (unpaired) electrons. The van der Waals surface area contributed by atoms with Gasteiger partial charge in [-0.25, -0.2) is 4.68 Å². The highest BCUT2D eigenvalue weighted by Gasteiger charge is 2.24. The molecular formula is C18H18N4. The topological polar surface area (TPSA) is 42.7 Å². The molecule has 0 saturated carbocycles. The molecule has 0 saturated heterocycles. The van der Waals surface area contributed by atoms with Crippen molar-refractivity contribution in [3.63, 3.8) is 0 Å². The molecule has 4 heteroatoms. The van der Waals surface area contributed by atoms with Crippen LogP contribution in [0.5, 0.6) is 0 Å². The van der Waals surface area contributed by atoms with E-state index in [2.05, 4.69) is 48.4 Å². The summed E-state index contributed by atoms with van der Waals surface area (Å²) in [5, 5.41) is 8.37. The zero-order valence-corrected chi connectivity index (χ0v) is 12.8. The minimum Gasteiger partial charge on any atom is -0.369 e. The quantitative estimate of drug-likeness (QED) is 0.785. The molecule has 0 unspecified atom stereocenters. The molecule has 0 amide bonds. The lowest BCUT2D eigenvalue weighted by molar-refractivity contribution is 0.873. The SMILES string of the molecule is Cc1ccc(C)c(-n2nc(-c3cccnc3)c3c2NCC3)c1. The zero-order chi connectivity index (χ0) is 15.1. The number of fused-ring (bicyclic) bond motifs is 1. The molecule has 0 bridgehead atoms. The molecule has 0 aliphatic carbocycles. The van der Waals surface area contributed by atoms with Gasteiger partial charge >= 0.3 is 0 Å². The van der Waals surface area contributed by atoms with Gasteiger partial charge in [-0.15, -0.1) is 0 Å². The largest absolute Gasteiger partial charge is 0.369 e. The molecule has 0 fully saturated rings. The smallest absolute Gasteiger partial charge is 0.133 e. The van der Waals surface area contributed by atoms with E-state index in [0.29, 0.717) is 0 Å². The van der Waals surface area contributed by atoms with Gasteiger partial charge < -0.3 is 5.32 Å². The standard InChI is InChI=1S/C18H18N4/c1-12-5-6-13(2)16(10-12)22-18-15(7-9-20-18)17(21-22)14-4-3-8-19-11-14/h3-6,8,10-11,20H,7,9H2,1-2H3. The van der Waals surface area contributed by atoms with Crippen molar-refractivity contribution in [3.05, 3.63) is 59.4 Å². The molecule has 3 heterocycles. The Morgan fingerprint density at radius 3 is 2.91 bits per heavy atom. The highest BCUT2D eigenvalue weighted by Crippen LogP contribution is 2.34. The van der Waals surface area contributed by atoms with Gasteiger partial charge in [0.1, 0.15) is 5.82 Å². The highest BCUT2D eigenvalue weighted by molar-refractivity contribution is 5.72. The average molecular weight is 290 g/mol. The summed E-state index contributed by atoms with van der Waals surface area (Å²) in [7, 11) is 0. The maximum atomic E-state index is 4.89. The minimum atomic E-state index is 0.964. The summed E-state index contributed by atoms with van der Waals surface area (Å²) in [4.78, 5) is 4.23. The van der Waals surface area contributed by atoms with Gasteiger partial charge in [-0.1, -0.05) is 12.1 Å². The van der Waals surface area contributed by atoms with Crippen LogP contribution < -0.4 is 5.32 Å². The average Bonchev–Trinajstić information content (AvgIpc) is 3.13. The van der Waals surface area contributed by atoms with Crippen molar-refractivity contribution in [1.82, 2.24) is 14.8 Å². The summed E-state index contributed by atoms with van der Waals surface area (Å²) in [6.07, 6.45) is 4.68. The normalized spacial score (nSPS) is 13.0. The van der Waals surface area contributed by atoms with Crippen LogP contribution in [0.1, 0.15) is 16.7 Å². The molecule has 3 aromatic rings. The first kappa shape index (κ1) is 13.1. The van der Waals surface area contributed by atoms with E-state index in [9.17, 15) is 0 Å². The Hall–Kier alpha value is -2.62. The van der Waals surface area contributed by atoms with E-state index in [0.717, 1.165) is 35.7 Å². The Labute approximate surface area is 129 Å². The predicted molar refractivity (Wildman–Crippen MR) is 88.5 cm³/mol. The zero-order valence-electron chi connectivity index (χ0n) is 12.8. The van der Waals surface area contributed by atoms with E-state index >= 15 is 0 Å². The molecule has 1 aliphatic heterocycles. The third kappa shape index (κ3) is 1.99. The van der Waals surface area contributed by atoms with Crippen LogP contribution in [0.15, 0.2) is 42.7 Å². The minimum absolute atomic E-state index is 0.964. The van der Waals surface area contributed by atoms with Crippen LogP contribution in [-0.4, -0.2) is 21.3 Å². The number of rotatable bonds is 2. The van der Waals surface area contributed by atoms with Gasteiger partial charge in [0, 0.05) is 30.1 Å². The second-order valence-corrected chi connectivity index (χ2v) is 5.80. The Bertz CT molecular complexity index is 834. The number of benzene rings is 1. The van der Waals surface area contributed by atoms with Gasteiger partial charge in [0.25, 0.3) is 0 Å². The van der Waals surface area contributed by atoms with Gasteiger partial charge in [0.05, 0.1) is 11.4 Å². The second kappa shape index (κ2) is 4.98. The molecule has 1 aliphatic rings. The van der Waals surface area contributed by atoms with Gasteiger partial charge in [0.15, 0.2) is 0 Å². The van der Waals surface area contributed by atoms with Crippen molar-refractivity contribution in [2.24, 2.45) is 0 Å². The van der Waals surface area contributed by atoms with Crippen molar-refractivity contribution >= 4 is 5.82 Å². The number of anilines is 1. The summed E-state index contributed by atoms with van der Waals surface area (Å²) in [6.45, 7) is 5.20. The van der Waals surface area contributed by atoms with Crippen LogP contribution >= 0.6 is 0 Å². The first-order valence-corrected chi connectivity index (χ1v) is 7.58. The summed E-state index contributed by atoms with van der Waals surface area (Å²) in [6, 6.07) is 10.5. The van der Waals surface area contributed by atoms with Crippen LogP contribution in [0.25, 0.3) is 16.9 Å². The van der Waals surface area contributed by atoms with Gasteiger partial charge in [-0.3, -0.25) is 4.98 Å². The molecule has 2 aromatic heterocycles. The fraction of sp³-hybridized carbons (Fsp3) is 0.222. The van der Waals surface area contributed by atoms with Gasteiger partial charge in [-0.05, 0) is 49.6 Å². The monoisotopic (exact) mass is 290 g/mol. The van der Waals surface area contributed by atoms with Gasteiger partial charge in [-0.2, -0.15) is 5.10 Å².